The number of carbonyl (C=O) groups is 1. The van der Waals surface area contributed by atoms with Crippen LogP contribution in [0.2, 0.25) is 0 Å². The second-order valence-corrected chi connectivity index (χ2v) is 8.08. The van der Waals surface area contributed by atoms with E-state index in [1.807, 2.05) is 0 Å². The first-order valence-electron chi connectivity index (χ1n) is 8.37. The Morgan fingerprint density at radius 3 is 2.89 bits per heavy atom. The number of rotatable bonds is 3. The summed E-state index contributed by atoms with van der Waals surface area (Å²) in [6.45, 7) is 2.68. The molecular weight excluding hydrogens is 376 g/mol. The van der Waals surface area contributed by atoms with Gasteiger partial charge in [-0.1, -0.05) is 5.21 Å². The third-order valence-corrected chi connectivity index (χ3v) is 6.35. The average molecular weight is 394 g/mol. The number of nitrogens with zero attached hydrogens (tertiary/aromatic N) is 5. The third-order valence-electron chi connectivity index (χ3n) is 4.49. The highest BCUT2D eigenvalue weighted by molar-refractivity contribution is 7.89. The summed E-state index contributed by atoms with van der Waals surface area (Å²) in [5.74, 6) is 0.621. The van der Waals surface area contributed by atoms with E-state index in [-0.39, 0.29) is 30.5 Å². The Hall–Kier alpha value is -2.57. The van der Waals surface area contributed by atoms with Crippen LogP contribution in [0.5, 0.6) is 5.75 Å². The number of sulfonamides is 1. The summed E-state index contributed by atoms with van der Waals surface area (Å²) in [5.41, 5.74) is 0.456. The molecule has 4 rings (SSSR count). The lowest BCUT2D eigenvalue weighted by Gasteiger charge is -2.32. The predicted octanol–water partition coefficient (Wildman–Crippen LogP) is -0.293. The van der Waals surface area contributed by atoms with E-state index in [2.05, 4.69) is 20.6 Å². The molecule has 2 aliphatic heterocycles. The van der Waals surface area contributed by atoms with Gasteiger partial charge in [0.15, 0.2) is 0 Å². The summed E-state index contributed by atoms with van der Waals surface area (Å²) in [7, 11) is -3.79. The van der Waals surface area contributed by atoms with E-state index in [9.17, 15) is 13.2 Å². The molecule has 2 aliphatic rings. The van der Waals surface area contributed by atoms with Gasteiger partial charge in [-0.3, -0.25) is 4.79 Å². The summed E-state index contributed by atoms with van der Waals surface area (Å²) >= 11 is 0. The molecule has 0 bridgehead atoms. The minimum atomic E-state index is -3.79. The Morgan fingerprint density at radius 1 is 1.30 bits per heavy atom. The topological polar surface area (TPSA) is 131 Å². The zero-order valence-electron chi connectivity index (χ0n) is 14.5. The molecule has 1 saturated heterocycles. The van der Waals surface area contributed by atoms with Gasteiger partial charge in [-0.15, -0.1) is 10.2 Å². The lowest BCUT2D eigenvalue weighted by atomic mass is 10.2. The van der Waals surface area contributed by atoms with Crippen LogP contribution >= 0.6 is 0 Å². The van der Waals surface area contributed by atoms with Gasteiger partial charge in [0.25, 0.3) is 0 Å². The van der Waals surface area contributed by atoms with Crippen molar-refractivity contribution in [1.29, 1.82) is 0 Å². The number of morpholine rings is 1. The molecule has 1 atom stereocenters. The smallest absolute Gasteiger partial charge is 0.243 e. The fourth-order valence-electron chi connectivity index (χ4n) is 3.14. The maximum Gasteiger partial charge on any atom is 0.243 e. The molecule has 1 aromatic heterocycles. The van der Waals surface area contributed by atoms with Crippen molar-refractivity contribution in [3.63, 3.8) is 0 Å². The largest absolute Gasteiger partial charge is 0.490 e. The summed E-state index contributed by atoms with van der Waals surface area (Å²) < 4.78 is 38.7. The Bertz CT molecular complexity index is 948. The average Bonchev–Trinajstić information content (AvgIpc) is 3.22. The molecule has 3 heterocycles. The number of aromatic amines is 1. The SMILES string of the molecule is CC(=O)N1CCOc2ccc(S(=O)(=O)N3CCOC(c4nn[nH]n4)C3)cc21. The van der Waals surface area contributed by atoms with Crippen molar-refractivity contribution in [2.45, 2.75) is 17.9 Å². The lowest BCUT2D eigenvalue weighted by Crippen LogP contribution is -2.42. The van der Waals surface area contributed by atoms with E-state index in [0.717, 1.165) is 0 Å². The number of hydrogen-bond donors (Lipinski definition) is 1. The van der Waals surface area contributed by atoms with Crippen LogP contribution in [0.15, 0.2) is 23.1 Å². The first kappa shape index (κ1) is 17.8. The van der Waals surface area contributed by atoms with Gasteiger partial charge in [-0.05, 0) is 18.2 Å². The van der Waals surface area contributed by atoms with Crippen LogP contribution in [0.3, 0.4) is 0 Å². The maximum absolute atomic E-state index is 13.1. The second-order valence-electron chi connectivity index (χ2n) is 6.14. The van der Waals surface area contributed by atoms with Crippen LogP contribution in [-0.2, 0) is 19.6 Å². The lowest BCUT2D eigenvalue weighted by molar-refractivity contribution is -0.116. The fraction of sp³-hybridized carbons (Fsp3) is 0.467. The Labute approximate surface area is 155 Å². The van der Waals surface area contributed by atoms with Crippen molar-refractivity contribution in [2.75, 3.05) is 37.7 Å². The Morgan fingerprint density at radius 2 is 2.15 bits per heavy atom. The number of ether oxygens (including phenoxy) is 2. The number of tetrazole rings is 1. The normalized spacial score (nSPS) is 20.8. The zero-order valence-corrected chi connectivity index (χ0v) is 15.3. The van der Waals surface area contributed by atoms with Crippen LogP contribution in [0.4, 0.5) is 5.69 Å². The molecule has 0 aliphatic carbocycles. The van der Waals surface area contributed by atoms with E-state index in [1.54, 1.807) is 6.07 Å². The number of carbonyl (C=O) groups excluding carboxylic acids is 1. The molecule has 1 fully saturated rings. The van der Waals surface area contributed by atoms with Crippen LogP contribution in [-0.4, -0.2) is 72.1 Å². The van der Waals surface area contributed by atoms with E-state index in [1.165, 1.54) is 28.3 Å². The summed E-state index contributed by atoms with van der Waals surface area (Å²) in [6.07, 6.45) is -0.595. The van der Waals surface area contributed by atoms with Crippen molar-refractivity contribution < 1.29 is 22.7 Å². The molecule has 0 saturated carbocycles. The monoisotopic (exact) mass is 394 g/mol. The standard InChI is InChI=1S/C15H18N6O5S/c1-10(22)21-5-7-25-13-3-2-11(8-12(13)21)27(23,24)20-4-6-26-14(9-20)15-16-18-19-17-15/h2-3,8,14H,4-7,9H2,1H3,(H,16,17,18,19). The molecular formula is C15H18N6O5S. The fourth-order valence-corrected chi connectivity index (χ4v) is 4.59. The second kappa shape index (κ2) is 6.87. The molecule has 12 heteroatoms. The minimum absolute atomic E-state index is 0.0753. The van der Waals surface area contributed by atoms with Crippen LogP contribution in [0.1, 0.15) is 18.9 Å². The van der Waals surface area contributed by atoms with Crippen LogP contribution in [0, 0.1) is 0 Å². The first-order chi connectivity index (χ1) is 13.0. The van der Waals surface area contributed by atoms with Gasteiger partial charge in [0, 0.05) is 20.0 Å². The summed E-state index contributed by atoms with van der Waals surface area (Å²) in [5, 5.41) is 13.5. The molecule has 1 aromatic carbocycles. The number of H-pyrrole nitrogens is 1. The number of amides is 1. The highest BCUT2D eigenvalue weighted by Gasteiger charge is 2.34. The molecule has 1 unspecified atom stereocenters. The number of aromatic nitrogens is 4. The number of benzene rings is 1. The number of anilines is 1. The molecule has 0 spiro atoms. The van der Waals surface area contributed by atoms with Crippen molar-refractivity contribution in [1.82, 2.24) is 24.9 Å². The summed E-state index contributed by atoms with van der Waals surface area (Å²) in [6, 6.07) is 4.54. The Kier molecular flexibility index (Phi) is 4.53. The Balaban J connectivity index is 1.64. The molecule has 1 amide bonds. The highest BCUT2D eigenvalue weighted by atomic mass is 32.2. The van der Waals surface area contributed by atoms with Crippen molar-refractivity contribution in [3.8, 4) is 5.75 Å². The van der Waals surface area contributed by atoms with Gasteiger partial charge in [0.05, 0.1) is 23.7 Å². The van der Waals surface area contributed by atoms with Crippen LogP contribution < -0.4 is 9.64 Å². The molecule has 1 N–H and O–H groups in total. The minimum Gasteiger partial charge on any atom is -0.490 e. The maximum atomic E-state index is 13.1. The van der Waals surface area contributed by atoms with Gasteiger partial charge < -0.3 is 14.4 Å². The van der Waals surface area contributed by atoms with Gasteiger partial charge in [-0.2, -0.15) is 9.52 Å². The van der Waals surface area contributed by atoms with E-state index in [0.29, 0.717) is 30.4 Å². The summed E-state index contributed by atoms with van der Waals surface area (Å²) in [4.78, 5) is 13.5. The molecule has 144 valence electrons. The molecule has 11 nitrogen and oxygen atoms in total. The van der Waals surface area contributed by atoms with Gasteiger partial charge in [0.1, 0.15) is 18.5 Å². The first-order valence-corrected chi connectivity index (χ1v) is 9.81. The van der Waals surface area contributed by atoms with E-state index >= 15 is 0 Å². The molecule has 2 aromatic rings. The van der Waals surface area contributed by atoms with Crippen molar-refractivity contribution >= 4 is 21.6 Å². The van der Waals surface area contributed by atoms with E-state index in [4.69, 9.17) is 9.47 Å². The zero-order chi connectivity index (χ0) is 19.0. The highest BCUT2D eigenvalue weighted by Crippen LogP contribution is 2.35. The van der Waals surface area contributed by atoms with Crippen molar-refractivity contribution in [3.05, 3.63) is 24.0 Å². The quantitative estimate of drug-likeness (QED) is 0.751. The van der Waals surface area contributed by atoms with Crippen LogP contribution in [0.25, 0.3) is 0 Å². The predicted molar refractivity (Wildman–Crippen MR) is 91.6 cm³/mol. The third kappa shape index (κ3) is 3.26. The molecule has 0 radical (unpaired) electrons. The van der Waals surface area contributed by atoms with Gasteiger partial charge in [0.2, 0.25) is 21.8 Å². The van der Waals surface area contributed by atoms with Gasteiger partial charge >= 0.3 is 0 Å². The van der Waals surface area contributed by atoms with Crippen molar-refractivity contribution in [2.24, 2.45) is 0 Å². The molecule has 27 heavy (non-hydrogen) atoms. The number of hydrogen-bond acceptors (Lipinski definition) is 8. The van der Waals surface area contributed by atoms with E-state index < -0.39 is 16.1 Å². The number of fused-ring (bicyclic) bond motifs is 1. The van der Waals surface area contributed by atoms with Gasteiger partial charge in [-0.25, -0.2) is 8.42 Å². The number of nitrogens with one attached hydrogen (secondary N) is 1.